The lowest BCUT2D eigenvalue weighted by atomic mass is 9.93. The number of nitrogens with one attached hydrogen (secondary N) is 1. The summed E-state index contributed by atoms with van der Waals surface area (Å²) in [5.41, 5.74) is 0.479. The number of amides is 1. The Hall–Kier alpha value is -1.22. The number of halogens is 3. The van der Waals surface area contributed by atoms with Gasteiger partial charge in [0.15, 0.2) is 0 Å². The minimum Gasteiger partial charge on any atom is -0.380 e. The second kappa shape index (κ2) is 8.21. The summed E-state index contributed by atoms with van der Waals surface area (Å²) in [6, 6.07) is 0. The van der Waals surface area contributed by atoms with Crippen LogP contribution in [0.1, 0.15) is 33.1 Å². The van der Waals surface area contributed by atoms with Crippen LogP contribution in [0.5, 0.6) is 0 Å². The van der Waals surface area contributed by atoms with Crippen LogP contribution in [0.4, 0.5) is 13.2 Å². The van der Waals surface area contributed by atoms with Crippen molar-refractivity contribution in [2.24, 2.45) is 5.92 Å². The van der Waals surface area contributed by atoms with E-state index in [4.69, 9.17) is 12.2 Å². The van der Waals surface area contributed by atoms with Crippen LogP contribution in [0.25, 0.3) is 0 Å². The number of carbonyl (C=O) groups is 1. The van der Waals surface area contributed by atoms with Crippen LogP contribution < -0.4 is 5.32 Å². The number of hydrogen-bond acceptors (Lipinski definition) is 4. The largest absolute Gasteiger partial charge is 0.406 e. The maximum Gasteiger partial charge on any atom is 0.406 e. The zero-order valence-electron chi connectivity index (χ0n) is 15.2. The van der Waals surface area contributed by atoms with Gasteiger partial charge in [-0.25, -0.2) is 0 Å². The van der Waals surface area contributed by atoms with E-state index in [1.54, 1.807) is 23.7 Å². The van der Waals surface area contributed by atoms with Gasteiger partial charge in [0.1, 0.15) is 12.4 Å². The third-order valence-corrected chi connectivity index (χ3v) is 6.42. The van der Waals surface area contributed by atoms with Gasteiger partial charge < -0.3 is 10.2 Å². The highest BCUT2D eigenvalue weighted by molar-refractivity contribution is 8.03. The molecule has 4 nitrogen and oxygen atoms in total. The Morgan fingerprint density at radius 3 is 2.62 bits per heavy atom. The van der Waals surface area contributed by atoms with Crippen LogP contribution in [0.2, 0.25) is 0 Å². The highest BCUT2D eigenvalue weighted by atomic mass is 32.2. The van der Waals surface area contributed by atoms with Gasteiger partial charge in [-0.15, -0.1) is 11.8 Å². The second-order valence-electron chi connectivity index (χ2n) is 6.62. The summed E-state index contributed by atoms with van der Waals surface area (Å²) in [5.74, 6) is -0.581. The molecule has 9 heteroatoms. The van der Waals surface area contributed by atoms with Crippen molar-refractivity contribution in [2.45, 2.75) is 44.5 Å². The van der Waals surface area contributed by atoms with Gasteiger partial charge in [-0.05, 0) is 19.8 Å². The fourth-order valence-electron chi connectivity index (χ4n) is 3.18. The summed E-state index contributed by atoms with van der Waals surface area (Å²) in [5, 5.41) is 4.03. The molecule has 0 aromatic rings. The SMILES string of the molecule is C=C1N(C)C2=C(C(=O)N1CC(F)(F)F)C(C)C(CCCCNC(C)=S)S2. The molecule has 0 fully saturated rings. The molecule has 0 saturated heterocycles. The molecule has 0 radical (unpaired) electrons. The normalized spacial score (nSPS) is 23.6. The topological polar surface area (TPSA) is 35.6 Å². The van der Waals surface area contributed by atoms with E-state index in [2.05, 4.69) is 11.9 Å². The smallest absolute Gasteiger partial charge is 0.380 e. The van der Waals surface area contributed by atoms with Crippen LogP contribution in [0.15, 0.2) is 23.0 Å². The van der Waals surface area contributed by atoms with Gasteiger partial charge in [-0.2, -0.15) is 13.2 Å². The van der Waals surface area contributed by atoms with E-state index >= 15 is 0 Å². The maximum absolute atomic E-state index is 12.8. The fourth-order valence-corrected chi connectivity index (χ4v) is 4.86. The van der Waals surface area contributed by atoms with Gasteiger partial charge in [0.05, 0.1) is 15.6 Å². The lowest BCUT2D eigenvalue weighted by Gasteiger charge is -2.37. The first-order valence-corrected chi connectivity index (χ1v) is 9.78. The van der Waals surface area contributed by atoms with E-state index in [0.717, 1.165) is 40.7 Å². The minimum absolute atomic E-state index is 0.0760. The summed E-state index contributed by atoms with van der Waals surface area (Å²) in [4.78, 5) is 15.8. The lowest BCUT2D eigenvalue weighted by molar-refractivity contribution is -0.157. The van der Waals surface area contributed by atoms with E-state index in [-0.39, 0.29) is 17.0 Å². The van der Waals surface area contributed by atoms with E-state index in [1.807, 2.05) is 13.8 Å². The van der Waals surface area contributed by atoms with E-state index in [1.165, 1.54) is 0 Å². The molecule has 2 unspecified atom stereocenters. The maximum atomic E-state index is 12.8. The molecule has 1 amide bonds. The molecule has 0 saturated carbocycles. The van der Waals surface area contributed by atoms with Crippen molar-refractivity contribution in [1.29, 1.82) is 0 Å². The fraction of sp³-hybridized carbons (Fsp3) is 0.647. The highest BCUT2D eigenvalue weighted by Crippen LogP contribution is 2.49. The third kappa shape index (κ3) is 4.73. The Morgan fingerprint density at radius 2 is 2.04 bits per heavy atom. The Morgan fingerprint density at radius 1 is 1.38 bits per heavy atom. The third-order valence-electron chi connectivity index (χ3n) is 4.61. The number of unbranched alkanes of at least 4 members (excludes halogenated alkanes) is 1. The molecule has 0 bridgehead atoms. The average Bonchev–Trinajstić information content (AvgIpc) is 2.85. The van der Waals surface area contributed by atoms with Gasteiger partial charge in [0.25, 0.3) is 5.91 Å². The Labute approximate surface area is 161 Å². The molecule has 0 aromatic heterocycles. The molecular formula is C17H24F3N3OS2. The van der Waals surface area contributed by atoms with Crippen molar-refractivity contribution < 1.29 is 18.0 Å². The number of hydrogen-bond donors (Lipinski definition) is 1. The molecule has 146 valence electrons. The van der Waals surface area contributed by atoms with E-state index < -0.39 is 18.6 Å². The van der Waals surface area contributed by atoms with Gasteiger partial charge in [0.2, 0.25) is 0 Å². The van der Waals surface area contributed by atoms with Gasteiger partial charge >= 0.3 is 6.18 Å². The predicted molar refractivity (Wildman–Crippen MR) is 102 cm³/mol. The molecule has 2 rings (SSSR count). The standard InChI is InChI=1S/C17H24F3N3OS2/c1-10-13(7-5-6-8-21-11(2)25)26-16-14(10)15(24)23(9-17(18,19)20)12(3)22(16)4/h10,13H,3,5-9H2,1-2,4H3,(H,21,25). The number of rotatable bonds is 6. The van der Waals surface area contributed by atoms with E-state index in [0.29, 0.717) is 5.57 Å². The first kappa shape index (κ1) is 21.1. The predicted octanol–water partition coefficient (Wildman–Crippen LogP) is 3.86. The van der Waals surface area contributed by atoms with Gasteiger partial charge in [-0.3, -0.25) is 9.69 Å². The molecule has 26 heavy (non-hydrogen) atoms. The summed E-state index contributed by atoms with van der Waals surface area (Å²) < 4.78 is 38.5. The quantitative estimate of drug-likeness (QED) is 0.534. The van der Waals surface area contributed by atoms with Crippen molar-refractivity contribution >= 4 is 34.9 Å². The van der Waals surface area contributed by atoms with Gasteiger partial charge in [0, 0.05) is 24.8 Å². The monoisotopic (exact) mass is 407 g/mol. The summed E-state index contributed by atoms with van der Waals surface area (Å²) in [6.07, 6.45) is -1.65. The Balaban J connectivity index is 2.03. The molecule has 0 spiro atoms. The molecule has 0 aliphatic carbocycles. The number of thiocarbonyl (C=S) groups is 1. The first-order valence-electron chi connectivity index (χ1n) is 8.49. The molecule has 2 atom stereocenters. The number of thioether (sulfide) groups is 1. The number of alkyl halides is 3. The van der Waals surface area contributed by atoms with E-state index in [9.17, 15) is 18.0 Å². The zero-order chi connectivity index (χ0) is 19.6. The molecule has 0 aromatic carbocycles. The number of carbonyl (C=O) groups excluding carboxylic acids is 1. The molecule has 1 N–H and O–H groups in total. The minimum atomic E-state index is -4.46. The number of nitrogens with zero attached hydrogens (tertiary/aromatic N) is 2. The molecule has 2 aliphatic rings. The first-order chi connectivity index (χ1) is 12.0. The second-order valence-corrected chi connectivity index (χ2v) is 8.46. The van der Waals surface area contributed by atoms with Crippen molar-refractivity contribution in [3.63, 3.8) is 0 Å². The summed E-state index contributed by atoms with van der Waals surface area (Å²) in [7, 11) is 1.67. The van der Waals surface area contributed by atoms with Crippen molar-refractivity contribution in [1.82, 2.24) is 15.1 Å². The van der Waals surface area contributed by atoms with Crippen LogP contribution in [0, 0.1) is 5.92 Å². The molecule has 2 aliphatic heterocycles. The van der Waals surface area contributed by atoms with Crippen LogP contribution in [0.3, 0.4) is 0 Å². The van der Waals surface area contributed by atoms with Crippen molar-refractivity contribution in [2.75, 3.05) is 20.1 Å². The van der Waals surface area contributed by atoms with Crippen molar-refractivity contribution in [3.8, 4) is 0 Å². The zero-order valence-corrected chi connectivity index (χ0v) is 16.8. The van der Waals surface area contributed by atoms with Crippen LogP contribution >= 0.6 is 24.0 Å². The average molecular weight is 408 g/mol. The van der Waals surface area contributed by atoms with Crippen LogP contribution in [-0.2, 0) is 4.79 Å². The Bertz CT molecular complexity index is 633. The van der Waals surface area contributed by atoms with Crippen molar-refractivity contribution in [3.05, 3.63) is 23.0 Å². The Kier molecular flexibility index (Phi) is 6.65. The molecular weight excluding hydrogens is 383 g/mol. The highest BCUT2D eigenvalue weighted by Gasteiger charge is 2.46. The lowest BCUT2D eigenvalue weighted by Crippen LogP contribution is -2.46. The molecule has 2 heterocycles. The van der Waals surface area contributed by atoms with Crippen LogP contribution in [-0.4, -0.2) is 52.3 Å². The summed E-state index contributed by atoms with van der Waals surface area (Å²) in [6.45, 7) is 6.95. The summed E-state index contributed by atoms with van der Waals surface area (Å²) >= 11 is 6.54. The van der Waals surface area contributed by atoms with Gasteiger partial charge in [-0.1, -0.05) is 32.1 Å².